The fourth-order valence-electron chi connectivity index (χ4n) is 2.55. The topological polar surface area (TPSA) is 55.1 Å². The van der Waals surface area contributed by atoms with Crippen molar-refractivity contribution in [3.63, 3.8) is 0 Å². The number of benzene rings is 1. The molecule has 0 spiro atoms. The van der Waals surface area contributed by atoms with Gasteiger partial charge < -0.3 is 9.67 Å². The summed E-state index contributed by atoms with van der Waals surface area (Å²) in [7, 11) is 0. The van der Waals surface area contributed by atoms with Crippen LogP contribution in [0.25, 0.3) is 11.0 Å². The van der Waals surface area contributed by atoms with E-state index in [0.717, 1.165) is 16.9 Å². The zero-order valence-electron chi connectivity index (χ0n) is 12.7. The first-order chi connectivity index (χ1) is 9.23. The van der Waals surface area contributed by atoms with Gasteiger partial charge in [-0.3, -0.25) is 0 Å². The van der Waals surface area contributed by atoms with Gasteiger partial charge in [0, 0.05) is 5.41 Å². The first-order valence-electron chi connectivity index (χ1n) is 6.93. The molecule has 0 aliphatic heterocycles. The van der Waals surface area contributed by atoms with Gasteiger partial charge in [0.2, 0.25) is 0 Å². The van der Waals surface area contributed by atoms with E-state index in [4.69, 9.17) is 0 Å². The maximum absolute atomic E-state index is 11.7. The largest absolute Gasteiger partial charge is 0.480 e. The van der Waals surface area contributed by atoms with Crippen LogP contribution < -0.4 is 0 Å². The summed E-state index contributed by atoms with van der Waals surface area (Å²) in [6.45, 7) is 10.0. The van der Waals surface area contributed by atoms with Crippen molar-refractivity contribution in [2.45, 2.75) is 46.1 Å². The highest BCUT2D eigenvalue weighted by atomic mass is 16.4. The van der Waals surface area contributed by atoms with Crippen molar-refractivity contribution in [1.29, 1.82) is 0 Å². The van der Waals surface area contributed by atoms with E-state index in [1.807, 2.05) is 42.7 Å². The Balaban J connectivity index is 2.80. The third kappa shape index (κ3) is 2.42. The van der Waals surface area contributed by atoms with E-state index in [1.165, 1.54) is 0 Å². The summed E-state index contributed by atoms with van der Waals surface area (Å²) in [5.74, 6) is -0.000316. The van der Waals surface area contributed by atoms with Gasteiger partial charge >= 0.3 is 5.97 Å². The Bertz CT molecular complexity index is 635. The zero-order chi connectivity index (χ0) is 15.1. The first kappa shape index (κ1) is 14.6. The van der Waals surface area contributed by atoms with Crippen LogP contribution in [0.1, 0.15) is 46.5 Å². The number of aliphatic carboxylic acids is 1. The molecule has 0 aliphatic rings. The van der Waals surface area contributed by atoms with Crippen molar-refractivity contribution in [2.24, 2.45) is 5.92 Å². The summed E-state index contributed by atoms with van der Waals surface area (Å²) in [6.07, 6.45) is 0. The molecule has 0 radical (unpaired) electrons. The Labute approximate surface area is 119 Å². The Hall–Kier alpha value is -1.84. The van der Waals surface area contributed by atoms with Crippen molar-refractivity contribution in [3.05, 3.63) is 30.1 Å². The molecule has 0 saturated heterocycles. The normalized spacial score (nSPS) is 13.9. The molecule has 1 heterocycles. The average molecular weight is 274 g/mol. The van der Waals surface area contributed by atoms with Crippen molar-refractivity contribution in [1.82, 2.24) is 9.55 Å². The van der Waals surface area contributed by atoms with E-state index in [-0.39, 0.29) is 11.3 Å². The van der Waals surface area contributed by atoms with Crippen LogP contribution >= 0.6 is 0 Å². The highest BCUT2D eigenvalue weighted by molar-refractivity contribution is 5.80. The number of aromatic nitrogens is 2. The standard InChI is InChI=1S/C16H22N2O2/c1-10(2)13(14(19)20)18-12-9-7-6-8-11(12)17-15(18)16(3,4)5/h6-10,13H,1-5H3,(H,19,20). The smallest absolute Gasteiger partial charge is 0.327 e. The second-order valence-electron chi connectivity index (χ2n) is 6.57. The lowest BCUT2D eigenvalue weighted by atomic mass is 9.94. The summed E-state index contributed by atoms with van der Waals surface area (Å²) in [4.78, 5) is 16.4. The molecule has 1 N–H and O–H groups in total. The molecule has 2 rings (SSSR count). The Morgan fingerprint density at radius 2 is 1.85 bits per heavy atom. The minimum absolute atomic E-state index is 0.00814. The monoisotopic (exact) mass is 274 g/mol. The number of para-hydroxylation sites is 2. The molecule has 4 nitrogen and oxygen atoms in total. The third-order valence-electron chi connectivity index (χ3n) is 3.43. The number of carboxylic acid groups (broad SMARTS) is 1. The van der Waals surface area contributed by atoms with E-state index >= 15 is 0 Å². The second kappa shape index (κ2) is 4.93. The third-order valence-corrected chi connectivity index (χ3v) is 3.43. The number of fused-ring (bicyclic) bond motifs is 1. The number of carbonyl (C=O) groups is 1. The summed E-state index contributed by atoms with van der Waals surface area (Å²) >= 11 is 0. The predicted molar refractivity (Wildman–Crippen MR) is 79.9 cm³/mol. The minimum Gasteiger partial charge on any atom is -0.480 e. The van der Waals surface area contributed by atoms with Crippen LogP contribution in [0.2, 0.25) is 0 Å². The van der Waals surface area contributed by atoms with Gasteiger partial charge in [0.1, 0.15) is 11.9 Å². The van der Waals surface area contributed by atoms with E-state index in [1.54, 1.807) is 0 Å². The lowest BCUT2D eigenvalue weighted by Gasteiger charge is -2.26. The molecule has 108 valence electrons. The molecule has 4 heteroatoms. The lowest BCUT2D eigenvalue weighted by molar-refractivity contribution is -0.142. The summed E-state index contributed by atoms with van der Waals surface area (Å²) < 4.78 is 1.89. The summed E-state index contributed by atoms with van der Waals surface area (Å²) in [5.41, 5.74) is 1.53. The molecule has 0 bridgehead atoms. The average Bonchev–Trinajstić information content (AvgIpc) is 2.68. The highest BCUT2D eigenvalue weighted by Gasteiger charge is 2.32. The molecule has 0 amide bonds. The molecular weight excluding hydrogens is 252 g/mol. The Kier molecular flexibility index (Phi) is 3.59. The first-order valence-corrected chi connectivity index (χ1v) is 6.93. The molecule has 1 unspecified atom stereocenters. The highest BCUT2D eigenvalue weighted by Crippen LogP contribution is 2.32. The van der Waals surface area contributed by atoms with Crippen LogP contribution in [-0.2, 0) is 10.2 Å². The van der Waals surface area contributed by atoms with Gasteiger partial charge in [-0.2, -0.15) is 0 Å². The van der Waals surface area contributed by atoms with E-state index in [0.29, 0.717) is 0 Å². The van der Waals surface area contributed by atoms with Crippen molar-refractivity contribution < 1.29 is 9.90 Å². The van der Waals surface area contributed by atoms with E-state index in [9.17, 15) is 9.90 Å². The fraction of sp³-hybridized carbons (Fsp3) is 0.500. The van der Waals surface area contributed by atoms with Gasteiger partial charge in [0.15, 0.2) is 0 Å². The SMILES string of the molecule is CC(C)C(C(=O)O)n1c(C(C)(C)C)nc2ccccc21. The Morgan fingerprint density at radius 3 is 2.35 bits per heavy atom. The molecule has 2 aromatic rings. The zero-order valence-corrected chi connectivity index (χ0v) is 12.7. The number of imidazole rings is 1. The minimum atomic E-state index is -0.811. The second-order valence-corrected chi connectivity index (χ2v) is 6.57. The van der Waals surface area contributed by atoms with Crippen LogP contribution in [0.5, 0.6) is 0 Å². The van der Waals surface area contributed by atoms with Gasteiger partial charge in [0.05, 0.1) is 11.0 Å². The van der Waals surface area contributed by atoms with Gasteiger partial charge in [-0.25, -0.2) is 9.78 Å². The van der Waals surface area contributed by atoms with Gasteiger partial charge in [-0.15, -0.1) is 0 Å². The number of carboxylic acids is 1. The molecule has 1 atom stereocenters. The van der Waals surface area contributed by atoms with Crippen LogP contribution in [-0.4, -0.2) is 20.6 Å². The fourth-order valence-corrected chi connectivity index (χ4v) is 2.55. The maximum atomic E-state index is 11.7. The molecule has 20 heavy (non-hydrogen) atoms. The van der Waals surface area contributed by atoms with Crippen molar-refractivity contribution in [2.75, 3.05) is 0 Å². The van der Waals surface area contributed by atoms with Gasteiger partial charge in [-0.05, 0) is 18.1 Å². The van der Waals surface area contributed by atoms with E-state index in [2.05, 4.69) is 25.8 Å². The van der Waals surface area contributed by atoms with Gasteiger partial charge in [0.25, 0.3) is 0 Å². The maximum Gasteiger partial charge on any atom is 0.327 e. The quantitative estimate of drug-likeness (QED) is 0.930. The molecule has 1 aromatic carbocycles. The van der Waals surface area contributed by atoms with Crippen LogP contribution in [0.15, 0.2) is 24.3 Å². The number of hydrogen-bond acceptors (Lipinski definition) is 2. The van der Waals surface area contributed by atoms with Crippen LogP contribution in [0, 0.1) is 5.92 Å². The number of hydrogen-bond donors (Lipinski definition) is 1. The molecular formula is C16H22N2O2. The number of nitrogens with zero attached hydrogens (tertiary/aromatic N) is 2. The summed E-state index contributed by atoms with van der Waals surface area (Å²) in [5, 5.41) is 9.62. The number of rotatable bonds is 3. The van der Waals surface area contributed by atoms with Crippen molar-refractivity contribution >= 4 is 17.0 Å². The van der Waals surface area contributed by atoms with E-state index < -0.39 is 12.0 Å². The summed E-state index contributed by atoms with van der Waals surface area (Å²) in [6, 6.07) is 7.12. The predicted octanol–water partition coefficient (Wildman–Crippen LogP) is 3.62. The molecule has 1 aromatic heterocycles. The molecule has 0 aliphatic carbocycles. The van der Waals surface area contributed by atoms with Crippen LogP contribution in [0.3, 0.4) is 0 Å². The Morgan fingerprint density at radius 1 is 1.25 bits per heavy atom. The lowest BCUT2D eigenvalue weighted by Crippen LogP contribution is -2.29. The van der Waals surface area contributed by atoms with Crippen LogP contribution in [0.4, 0.5) is 0 Å². The van der Waals surface area contributed by atoms with Gasteiger partial charge in [-0.1, -0.05) is 46.8 Å². The molecule has 0 saturated carbocycles. The molecule has 0 fully saturated rings. The van der Waals surface area contributed by atoms with Crippen molar-refractivity contribution in [3.8, 4) is 0 Å².